The molecule has 5 heteroatoms. The Kier molecular flexibility index (Phi) is 9.17. The molecular weight excluding hydrogens is 382 g/mol. The van der Waals surface area contributed by atoms with E-state index in [1.807, 2.05) is 25.2 Å². The number of aromatic nitrogens is 2. The van der Waals surface area contributed by atoms with Crippen LogP contribution in [-0.2, 0) is 0 Å². The van der Waals surface area contributed by atoms with Gasteiger partial charge in [-0.2, -0.15) is 0 Å². The van der Waals surface area contributed by atoms with Gasteiger partial charge in [-0.15, -0.1) is 0 Å². The normalized spacial score (nSPS) is 18.1. The van der Waals surface area contributed by atoms with Crippen molar-refractivity contribution in [2.24, 2.45) is 0 Å². The van der Waals surface area contributed by atoms with Crippen LogP contribution in [0.15, 0.2) is 30.8 Å². The summed E-state index contributed by atoms with van der Waals surface area (Å²) in [6.07, 6.45) is 19.7. The predicted molar refractivity (Wildman–Crippen MR) is 131 cm³/mol. The van der Waals surface area contributed by atoms with Crippen molar-refractivity contribution in [3.8, 4) is 11.8 Å². The minimum atomic E-state index is 0.453. The van der Waals surface area contributed by atoms with Gasteiger partial charge in [0.05, 0.1) is 5.69 Å². The van der Waals surface area contributed by atoms with Crippen LogP contribution in [0.25, 0.3) is 12.2 Å². The summed E-state index contributed by atoms with van der Waals surface area (Å²) in [6, 6.07) is 1.07. The smallest absolute Gasteiger partial charge is 0.137 e. The molecule has 5 nitrogen and oxygen atoms in total. The third kappa shape index (κ3) is 7.25. The predicted octanol–water partition coefficient (Wildman–Crippen LogP) is 4.81. The highest BCUT2D eigenvalue weighted by atomic mass is 15.2. The zero-order chi connectivity index (χ0) is 21.9. The van der Waals surface area contributed by atoms with E-state index in [0.29, 0.717) is 12.1 Å². The molecule has 1 N–H and O–H groups in total. The SMILES string of the molecule is C/C=C\c1c(/C=C/C#CCCN2C=CCCC2)ncnc1NC1CCN(C(C)C)CC1. The standard InChI is InChI=1S/C26H37N5/c1-4-12-24-25(13-8-5-6-9-16-30-17-10-7-11-18-30)27-21-28-26(24)29-23-14-19-31(20-15-23)22(2)3/h4,8,10,12-13,17,21-23H,7,9,11,14-16,18-20H2,1-3H3,(H,27,28,29)/b12-4-,13-8+. The minimum absolute atomic E-state index is 0.453. The van der Waals surface area contributed by atoms with Gasteiger partial charge in [-0.25, -0.2) is 9.97 Å². The van der Waals surface area contributed by atoms with Crippen LogP contribution in [0.4, 0.5) is 5.82 Å². The average Bonchev–Trinajstić information content (AvgIpc) is 2.79. The Morgan fingerprint density at radius 3 is 2.74 bits per heavy atom. The van der Waals surface area contributed by atoms with Crippen molar-refractivity contribution in [2.75, 3.05) is 31.5 Å². The van der Waals surface area contributed by atoms with Gasteiger partial charge in [-0.3, -0.25) is 0 Å². The molecule has 0 aromatic carbocycles. The van der Waals surface area contributed by atoms with Gasteiger partial charge in [-0.1, -0.05) is 30.1 Å². The van der Waals surface area contributed by atoms with Crippen LogP contribution in [0, 0.1) is 11.8 Å². The molecule has 0 atom stereocenters. The lowest BCUT2D eigenvalue weighted by atomic mass is 10.0. The lowest BCUT2D eigenvalue weighted by molar-refractivity contribution is 0.177. The molecule has 31 heavy (non-hydrogen) atoms. The molecule has 0 bridgehead atoms. The Morgan fingerprint density at radius 2 is 2.03 bits per heavy atom. The molecule has 0 saturated carbocycles. The summed E-state index contributed by atoms with van der Waals surface area (Å²) in [7, 11) is 0. The molecule has 1 aromatic heterocycles. The van der Waals surface area contributed by atoms with E-state index < -0.39 is 0 Å². The molecule has 0 aliphatic carbocycles. The maximum Gasteiger partial charge on any atom is 0.137 e. The fourth-order valence-electron chi connectivity index (χ4n) is 4.09. The number of piperidine rings is 1. The van der Waals surface area contributed by atoms with E-state index in [1.165, 1.54) is 12.8 Å². The molecule has 0 radical (unpaired) electrons. The zero-order valence-corrected chi connectivity index (χ0v) is 19.3. The highest BCUT2D eigenvalue weighted by molar-refractivity contribution is 5.72. The maximum absolute atomic E-state index is 4.55. The first kappa shape index (κ1) is 23.1. The number of likely N-dealkylation sites (tertiary alicyclic amines) is 1. The summed E-state index contributed by atoms with van der Waals surface area (Å²) in [5, 5.41) is 3.67. The highest BCUT2D eigenvalue weighted by Crippen LogP contribution is 2.23. The van der Waals surface area contributed by atoms with Crippen molar-refractivity contribution in [1.82, 2.24) is 19.8 Å². The van der Waals surface area contributed by atoms with Crippen molar-refractivity contribution in [1.29, 1.82) is 0 Å². The summed E-state index contributed by atoms with van der Waals surface area (Å²) in [6.45, 7) is 11.0. The lowest BCUT2D eigenvalue weighted by Crippen LogP contribution is -2.42. The number of nitrogens with zero attached hydrogens (tertiary/aromatic N) is 4. The minimum Gasteiger partial charge on any atom is -0.377 e. The summed E-state index contributed by atoms with van der Waals surface area (Å²) >= 11 is 0. The number of allylic oxidation sites excluding steroid dienone is 3. The number of hydrogen-bond donors (Lipinski definition) is 1. The van der Waals surface area contributed by atoms with Crippen molar-refractivity contribution in [3.63, 3.8) is 0 Å². The van der Waals surface area contributed by atoms with Gasteiger partial charge in [0.1, 0.15) is 12.1 Å². The quantitative estimate of drug-likeness (QED) is 0.643. The van der Waals surface area contributed by atoms with E-state index in [1.54, 1.807) is 6.33 Å². The van der Waals surface area contributed by atoms with Gasteiger partial charge >= 0.3 is 0 Å². The van der Waals surface area contributed by atoms with Crippen LogP contribution in [0.5, 0.6) is 0 Å². The largest absolute Gasteiger partial charge is 0.377 e. The molecule has 0 spiro atoms. The summed E-state index contributed by atoms with van der Waals surface area (Å²) in [5.74, 6) is 7.34. The van der Waals surface area contributed by atoms with Crippen molar-refractivity contribution < 1.29 is 0 Å². The molecule has 1 fully saturated rings. The van der Waals surface area contributed by atoms with Gasteiger partial charge in [-0.05, 0) is 64.8 Å². The fraction of sp³-hybridized carbons (Fsp3) is 0.538. The molecule has 3 rings (SSSR count). The summed E-state index contributed by atoms with van der Waals surface area (Å²) in [5.41, 5.74) is 1.94. The second-order valence-electron chi connectivity index (χ2n) is 8.54. The van der Waals surface area contributed by atoms with Crippen LogP contribution < -0.4 is 5.32 Å². The Morgan fingerprint density at radius 1 is 1.19 bits per heavy atom. The van der Waals surface area contributed by atoms with Gasteiger partial charge in [0, 0.05) is 50.2 Å². The van der Waals surface area contributed by atoms with Gasteiger partial charge in [0.25, 0.3) is 0 Å². The molecule has 2 aliphatic heterocycles. The number of nitrogens with one attached hydrogen (secondary N) is 1. The molecule has 0 unspecified atom stereocenters. The molecule has 1 saturated heterocycles. The first-order valence-corrected chi connectivity index (χ1v) is 11.7. The molecule has 166 valence electrons. The van der Waals surface area contributed by atoms with Crippen LogP contribution in [0.1, 0.15) is 64.1 Å². The number of anilines is 1. The molecule has 2 aliphatic rings. The van der Waals surface area contributed by atoms with E-state index in [2.05, 4.69) is 69.1 Å². The summed E-state index contributed by atoms with van der Waals surface area (Å²) in [4.78, 5) is 13.9. The third-order valence-electron chi connectivity index (χ3n) is 5.93. The molecule has 0 amide bonds. The highest BCUT2D eigenvalue weighted by Gasteiger charge is 2.21. The van der Waals surface area contributed by atoms with Crippen LogP contribution in [0.3, 0.4) is 0 Å². The van der Waals surface area contributed by atoms with E-state index >= 15 is 0 Å². The molecular formula is C26H37N5. The second kappa shape index (κ2) is 12.3. The maximum atomic E-state index is 4.55. The lowest BCUT2D eigenvalue weighted by Gasteiger charge is -2.35. The van der Waals surface area contributed by atoms with E-state index in [4.69, 9.17) is 0 Å². The molecule has 1 aromatic rings. The van der Waals surface area contributed by atoms with Crippen LogP contribution in [0.2, 0.25) is 0 Å². The van der Waals surface area contributed by atoms with Crippen molar-refractivity contribution in [3.05, 3.63) is 42.0 Å². The van der Waals surface area contributed by atoms with Crippen LogP contribution >= 0.6 is 0 Å². The number of rotatable bonds is 7. The molecule has 3 heterocycles. The topological polar surface area (TPSA) is 44.3 Å². The Labute approximate surface area is 188 Å². The van der Waals surface area contributed by atoms with Crippen molar-refractivity contribution >= 4 is 18.0 Å². The monoisotopic (exact) mass is 419 g/mol. The first-order valence-electron chi connectivity index (χ1n) is 11.7. The Bertz CT molecular complexity index is 835. The Hall–Kier alpha value is -2.58. The van der Waals surface area contributed by atoms with E-state index in [0.717, 1.165) is 62.5 Å². The van der Waals surface area contributed by atoms with Gasteiger partial charge in [0.15, 0.2) is 0 Å². The van der Waals surface area contributed by atoms with Crippen LogP contribution in [-0.4, -0.2) is 58.0 Å². The number of hydrogen-bond acceptors (Lipinski definition) is 5. The zero-order valence-electron chi connectivity index (χ0n) is 19.3. The first-order chi connectivity index (χ1) is 15.2. The Balaban J connectivity index is 1.59. The van der Waals surface area contributed by atoms with Gasteiger partial charge in [0.2, 0.25) is 0 Å². The second-order valence-corrected chi connectivity index (χ2v) is 8.54. The van der Waals surface area contributed by atoms with Gasteiger partial charge < -0.3 is 15.1 Å². The summed E-state index contributed by atoms with van der Waals surface area (Å²) < 4.78 is 0. The fourth-order valence-corrected chi connectivity index (χ4v) is 4.09. The third-order valence-corrected chi connectivity index (χ3v) is 5.93. The van der Waals surface area contributed by atoms with E-state index in [9.17, 15) is 0 Å². The van der Waals surface area contributed by atoms with Crippen molar-refractivity contribution in [2.45, 2.75) is 65.0 Å². The van der Waals surface area contributed by atoms with E-state index in [-0.39, 0.29) is 0 Å². The average molecular weight is 420 g/mol.